The molecule has 5 heteroatoms. The van der Waals surface area contributed by atoms with Crippen molar-refractivity contribution in [1.29, 1.82) is 0 Å². The molecule has 0 aliphatic carbocycles. The van der Waals surface area contributed by atoms with Crippen molar-refractivity contribution in [3.63, 3.8) is 0 Å². The van der Waals surface area contributed by atoms with E-state index in [4.69, 9.17) is 17.3 Å². The molecule has 1 aromatic rings. The maximum absolute atomic E-state index is 11.2. The molecule has 0 saturated heterocycles. The summed E-state index contributed by atoms with van der Waals surface area (Å²) in [6.45, 7) is 1.48. The Kier molecular flexibility index (Phi) is 5.67. The topological polar surface area (TPSA) is 67.1 Å². The molecule has 0 saturated carbocycles. The lowest BCUT2D eigenvalue weighted by atomic mass is 10.1. The number of benzene rings is 1. The van der Waals surface area contributed by atoms with Crippen LogP contribution in [0.2, 0.25) is 5.02 Å². The minimum atomic E-state index is -0.197. The third-order valence-electron chi connectivity index (χ3n) is 2.07. The smallest absolute Gasteiger partial charge is 0.314 e. The van der Waals surface area contributed by atoms with Gasteiger partial charge in [-0.3, -0.25) is 0 Å². The van der Waals surface area contributed by atoms with Crippen LogP contribution in [0.5, 0.6) is 0 Å². The molecule has 1 aromatic carbocycles. The molecule has 0 fully saturated rings. The van der Waals surface area contributed by atoms with Gasteiger partial charge < -0.3 is 16.4 Å². The number of carbonyl (C=O) groups is 1. The number of urea groups is 1. The fourth-order valence-corrected chi connectivity index (χ4v) is 1.49. The van der Waals surface area contributed by atoms with Crippen molar-refractivity contribution in [3.8, 4) is 0 Å². The molecule has 0 unspecified atom stereocenters. The first-order valence-electron chi connectivity index (χ1n) is 5.19. The molecule has 0 aliphatic heterocycles. The highest BCUT2D eigenvalue weighted by atomic mass is 35.5. The number of rotatable bonds is 5. The fraction of sp³-hybridized carbons (Fsp3) is 0.364. The van der Waals surface area contributed by atoms with Crippen LogP contribution in [0.4, 0.5) is 4.79 Å². The van der Waals surface area contributed by atoms with Crippen LogP contribution in [0.25, 0.3) is 0 Å². The molecule has 0 atom stereocenters. The molecule has 16 heavy (non-hydrogen) atoms. The summed E-state index contributed by atoms with van der Waals surface area (Å²) in [6.07, 6.45) is 0.718. The Hall–Kier alpha value is -1.26. The van der Waals surface area contributed by atoms with Gasteiger partial charge in [-0.25, -0.2) is 4.79 Å². The van der Waals surface area contributed by atoms with Crippen LogP contribution in [-0.2, 0) is 6.42 Å². The Morgan fingerprint density at radius 1 is 1.25 bits per heavy atom. The Morgan fingerprint density at radius 3 is 2.62 bits per heavy atom. The molecular weight excluding hydrogens is 226 g/mol. The lowest BCUT2D eigenvalue weighted by molar-refractivity contribution is 0.241. The standard InChI is InChI=1S/C11H16ClN3O/c12-10-4-2-1-3-9(10)5-7-14-11(16)15-8-6-13/h1-4H,5-8,13H2,(H2,14,15,16). The first-order valence-corrected chi connectivity index (χ1v) is 5.57. The van der Waals surface area contributed by atoms with E-state index in [1.807, 2.05) is 24.3 Å². The summed E-state index contributed by atoms with van der Waals surface area (Å²) in [5.41, 5.74) is 6.29. The number of nitrogens with one attached hydrogen (secondary N) is 2. The fourth-order valence-electron chi connectivity index (χ4n) is 1.26. The van der Waals surface area contributed by atoms with E-state index in [-0.39, 0.29) is 6.03 Å². The minimum Gasteiger partial charge on any atom is -0.338 e. The second-order valence-electron chi connectivity index (χ2n) is 3.31. The Labute approximate surface area is 100 Å². The molecule has 0 bridgehead atoms. The molecular formula is C11H16ClN3O. The highest BCUT2D eigenvalue weighted by molar-refractivity contribution is 6.31. The predicted octanol–water partition coefficient (Wildman–Crippen LogP) is 1.14. The van der Waals surface area contributed by atoms with Crippen LogP contribution in [0.3, 0.4) is 0 Å². The van der Waals surface area contributed by atoms with E-state index in [0.29, 0.717) is 19.6 Å². The van der Waals surface area contributed by atoms with Crippen molar-refractivity contribution in [3.05, 3.63) is 34.9 Å². The SMILES string of the molecule is NCCNC(=O)NCCc1ccccc1Cl. The van der Waals surface area contributed by atoms with E-state index >= 15 is 0 Å². The number of amides is 2. The van der Waals surface area contributed by atoms with E-state index in [1.54, 1.807) is 0 Å². The van der Waals surface area contributed by atoms with Gasteiger partial charge in [0.25, 0.3) is 0 Å². The molecule has 0 aromatic heterocycles. The van der Waals surface area contributed by atoms with Gasteiger partial charge in [-0.05, 0) is 18.1 Å². The van der Waals surface area contributed by atoms with E-state index in [1.165, 1.54) is 0 Å². The molecule has 1 rings (SSSR count). The summed E-state index contributed by atoms with van der Waals surface area (Å²) in [6, 6.07) is 7.40. The molecule has 4 N–H and O–H groups in total. The first kappa shape index (κ1) is 12.8. The number of hydrogen-bond acceptors (Lipinski definition) is 2. The van der Waals surface area contributed by atoms with E-state index in [2.05, 4.69) is 10.6 Å². The molecule has 0 radical (unpaired) electrons. The summed E-state index contributed by atoms with van der Waals surface area (Å²) in [5, 5.41) is 6.08. The van der Waals surface area contributed by atoms with Gasteiger partial charge in [0.05, 0.1) is 0 Å². The molecule has 0 spiro atoms. The summed E-state index contributed by atoms with van der Waals surface area (Å²) < 4.78 is 0. The first-order chi connectivity index (χ1) is 7.74. The zero-order chi connectivity index (χ0) is 11.8. The predicted molar refractivity (Wildman–Crippen MR) is 65.6 cm³/mol. The molecule has 4 nitrogen and oxygen atoms in total. The largest absolute Gasteiger partial charge is 0.338 e. The Bertz CT molecular complexity index is 344. The average molecular weight is 242 g/mol. The molecule has 0 aliphatic rings. The van der Waals surface area contributed by atoms with Crippen molar-refractivity contribution >= 4 is 17.6 Å². The normalized spacial score (nSPS) is 9.88. The summed E-state index contributed by atoms with van der Waals surface area (Å²) >= 11 is 5.98. The maximum atomic E-state index is 11.2. The zero-order valence-electron chi connectivity index (χ0n) is 9.00. The summed E-state index contributed by atoms with van der Waals surface area (Å²) in [7, 11) is 0. The van der Waals surface area contributed by atoms with E-state index < -0.39 is 0 Å². The second-order valence-corrected chi connectivity index (χ2v) is 3.72. The third kappa shape index (κ3) is 4.51. The van der Waals surface area contributed by atoms with Crippen LogP contribution in [-0.4, -0.2) is 25.7 Å². The van der Waals surface area contributed by atoms with Crippen LogP contribution in [0, 0.1) is 0 Å². The second kappa shape index (κ2) is 7.09. The summed E-state index contributed by atoms with van der Waals surface area (Å²) in [4.78, 5) is 11.2. The van der Waals surface area contributed by atoms with Crippen LogP contribution < -0.4 is 16.4 Å². The molecule has 0 heterocycles. The molecule has 2 amide bonds. The zero-order valence-corrected chi connectivity index (χ0v) is 9.76. The van der Waals surface area contributed by atoms with Gasteiger partial charge in [0.2, 0.25) is 0 Å². The quantitative estimate of drug-likeness (QED) is 0.724. The van der Waals surface area contributed by atoms with Crippen LogP contribution in [0.1, 0.15) is 5.56 Å². The Balaban J connectivity index is 2.25. The van der Waals surface area contributed by atoms with Crippen molar-refractivity contribution < 1.29 is 4.79 Å². The average Bonchev–Trinajstić information content (AvgIpc) is 2.29. The van der Waals surface area contributed by atoms with Crippen molar-refractivity contribution in [1.82, 2.24) is 10.6 Å². The number of carbonyl (C=O) groups excluding carboxylic acids is 1. The monoisotopic (exact) mass is 241 g/mol. The van der Waals surface area contributed by atoms with E-state index in [0.717, 1.165) is 17.0 Å². The lowest BCUT2D eigenvalue weighted by Gasteiger charge is -2.07. The van der Waals surface area contributed by atoms with E-state index in [9.17, 15) is 4.79 Å². The van der Waals surface area contributed by atoms with Gasteiger partial charge in [-0.1, -0.05) is 29.8 Å². The van der Waals surface area contributed by atoms with Crippen LogP contribution in [0.15, 0.2) is 24.3 Å². The van der Waals surface area contributed by atoms with Crippen LogP contribution >= 0.6 is 11.6 Å². The minimum absolute atomic E-state index is 0.197. The van der Waals surface area contributed by atoms with Gasteiger partial charge in [-0.2, -0.15) is 0 Å². The summed E-state index contributed by atoms with van der Waals surface area (Å²) in [5.74, 6) is 0. The van der Waals surface area contributed by atoms with Gasteiger partial charge in [-0.15, -0.1) is 0 Å². The highest BCUT2D eigenvalue weighted by Gasteiger charge is 2.00. The van der Waals surface area contributed by atoms with Gasteiger partial charge >= 0.3 is 6.03 Å². The number of nitrogens with two attached hydrogens (primary N) is 1. The van der Waals surface area contributed by atoms with Gasteiger partial charge in [0, 0.05) is 24.7 Å². The number of hydrogen-bond donors (Lipinski definition) is 3. The van der Waals surface area contributed by atoms with Crippen molar-refractivity contribution in [2.45, 2.75) is 6.42 Å². The third-order valence-corrected chi connectivity index (χ3v) is 2.44. The van der Waals surface area contributed by atoms with Gasteiger partial charge in [0.15, 0.2) is 0 Å². The Morgan fingerprint density at radius 2 is 1.94 bits per heavy atom. The van der Waals surface area contributed by atoms with Gasteiger partial charge in [0.1, 0.15) is 0 Å². The highest BCUT2D eigenvalue weighted by Crippen LogP contribution is 2.14. The molecule has 88 valence electrons. The maximum Gasteiger partial charge on any atom is 0.314 e. The number of halogens is 1. The van der Waals surface area contributed by atoms with Crippen molar-refractivity contribution in [2.75, 3.05) is 19.6 Å². The van der Waals surface area contributed by atoms with Crippen molar-refractivity contribution in [2.24, 2.45) is 5.73 Å². The lowest BCUT2D eigenvalue weighted by Crippen LogP contribution is -2.39.